The lowest BCUT2D eigenvalue weighted by molar-refractivity contribution is 0.638. The zero-order chi connectivity index (χ0) is 19.8. The molecule has 0 bridgehead atoms. The largest absolute Gasteiger partial charge is 0.206 e. The van der Waals surface area contributed by atoms with Crippen LogP contribution in [0.2, 0.25) is 0 Å². The van der Waals surface area contributed by atoms with Crippen LogP contribution in [-0.2, 0) is 0 Å². The van der Waals surface area contributed by atoms with E-state index in [1.165, 1.54) is 11.1 Å². The molecule has 1 nitrogen and oxygen atoms in total. The van der Waals surface area contributed by atoms with Gasteiger partial charge in [0, 0.05) is 11.1 Å². The molecule has 0 amide bonds. The molecular weight excluding hydrogens is 353 g/mol. The van der Waals surface area contributed by atoms with E-state index in [4.69, 9.17) is 5.26 Å². The van der Waals surface area contributed by atoms with Crippen molar-refractivity contribution in [3.63, 3.8) is 0 Å². The van der Waals surface area contributed by atoms with E-state index >= 15 is 0 Å². The highest BCUT2D eigenvalue weighted by Crippen LogP contribution is 2.33. The molecule has 0 aromatic rings. The highest BCUT2D eigenvalue weighted by atomic mass is 32.2. The lowest BCUT2D eigenvalue weighted by atomic mass is 9.87. The summed E-state index contributed by atoms with van der Waals surface area (Å²) in [6.07, 6.45) is 12.9. The van der Waals surface area contributed by atoms with E-state index < -0.39 is 0 Å². The molecule has 27 heavy (non-hydrogen) atoms. The van der Waals surface area contributed by atoms with Crippen molar-refractivity contribution in [1.82, 2.24) is 0 Å². The van der Waals surface area contributed by atoms with E-state index in [9.17, 15) is 4.39 Å². The summed E-state index contributed by atoms with van der Waals surface area (Å²) in [7, 11) is 0. The first-order valence-electron chi connectivity index (χ1n) is 9.00. The van der Waals surface area contributed by atoms with Crippen molar-refractivity contribution in [3.05, 3.63) is 81.1 Å². The molecule has 3 heteroatoms. The molecule has 0 N–H and O–H groups in total. The minimum absolute atomic E-state index is 0.234. The topological polar surface area (TPSA) is 23.8 Å². The third-order valence-corrected chi connectivity index (χ3v) is 5.43. The second kappa shape index (κ2) is 10.0. The second-order valence-corrected chi connectivity index (χ2v) is 7.69. The van der Waals surface area contributed by atoms with Crippen LogP contribution < -0.4 is 0 Å². The summed E-state index contributed by atoms with van der Waals surface area (Å²) < 4.78 is 14.5. The summed E-state index contributed by atoms with van der Waals surface area (Å²) in [5, 5.41) is 10.8. The van der Waals surface area contributed by atoms with Crippen LogP contribution in [0, 0.1) is 22.5 Å². The van der Waals surface area contributed by atoms with Crippen LogP contribution in [0.25, 0.3) is 0 Å². The Balaban J connectivity index is 2.23. The predicted octanol–water partition coefficient (Wildman–Crippen LogP) is 7.22. The highest BCUT2D eigenvalue weighted by molar-refractivity contribution is 8.07. The number of thiocyanates is 1. The maximum Gasteiger partial charge on any atom is 0.138 e. The lowest BCUT2D eigenvalue weighted by Gasteiger charge is -2.18. The number of halogens is 1. The third kappa shape index (κ3) is 6.02. The molecule has 0 atom stereocenters. The fourth-order valence-corrected chi connectivity index (χ4v) is 3.21. The number of allylic oxidation sites excluding steroid dienone is 13. The second-order valence-electron chi connectivity index (χ2n) is 6.69. The van der Waals surface area contributed by atoms with Gasteiger partial charge < -0.3 is 0 Å². The average Bonchev–Trinajstić information content (AvgIpc) is 2.66. The van der Waals surface area contributed by atoms with Gasteiger partial charge in [-0.25, -0.2) is 4.39 Å². The molecular formula is C24H24FNS. The van der Waals surface area contributed by atoms with Gasteiger partial charge in [-0.1, -0.05) is 42.2 Å². The number of hydrogen-bond donors (Lipinski definition) is 0. The van der Waals surface area contributed by atoms with Crippen LogP contribution in [0.3, 0.4) is 0 Å². The molecule has 2 rings (SSSR count). The Labute approximate surface area is 166 Å². The van der Waals surface area contributed by atoms with Gasteiger partial charge in [0.25, 0.3) is 0 Å². The lowest BCUT2D eigenvalue weighted by Crippen LogP contribution is -2.01. The molecule has 0 unspecified atom stereocenters. The van der Waals surface area contributed by atoms with Crippen LogP contribution in [-0.4, -0.2) is 0 Å². The molecule has 2 aliphatic rings. The smallest absolute Gasteiger partial charge is 0.138 e. The van der Waals surface area contributed by atoms with E-state index in [0.717, 1.165) is 52.6 Å². The van der Waals surface area contributed by atoms with Gasteiger partial charge in [-0.15, -0.1) is 0 Å². The Bertz CT molecular complexity index is 918. The normalized spacial score (nSPS) is 18.3. The molecule has 0 saturated carbocycles. The number of rotatable bonds is 4. The Morgan fingerprint density at radius 2 is 1.93 bits per heavy atom. The molecule has 138 valence electrons. The van der Waals surface area contributed by atoms with E-state index in [1.807, 2.05) is 19.9 Å². The fourth-order valence-electron chi connectivity index (χ4n) is 2.85. The maximum absolute atomic E-state index is 14.5. The summed E-state index contributed by atoms with van der Waals surface area (Å²) in [6, 6.07) is 0. The quantitative estimate of drug-likeness (QED) is 0.293. The van der Waals surface area contributed by atoms with Crippen LogP contribution in [0.15, 0.2) is 81.1 Å². The summed E-state index contributed by atoms with van der Waals surface area (Å²) in [5.74, 6) is 5.75. The molecule has 0 radical (unpaired) electrons. The fraction of sp³-hybridized carbons (Fsp3) is 0.292. The Kier molecular flexibility index (Phi) is 7.71. The molecule has 0 aromatic heterocycles. The molecule has 0 aliphatic heterocycles. The molecule has 2 aliphatic carbocycles. The highest BCUT2D eigenvalue weighted by Gasteiger charge is 2.16. The van der Waals surface area contributed by atoms with E-state index in [1.54, 1.807) is 12.2 Å². The van der Waals surface area contributed by atoms with Crippen molar-refractivity contribution in [2.45, 2.75) is 46.5 Å². The number of nitriles is 1. The number of thioether (sulfide) groups is 1. The Morgan fingerprint density at radius 3 is 2.52 bits per heavy atom. The summed E-state index contributed by atoms with van der Waals surface area (Å²) in [6.45, 7) is 9.72. The van der Waals surface area contributed by atoms with Crippen LogP contribution in [0.1, 0.15) is 46.5 Å². The molecule has 0 heterocycles. The van der Waals surface area contributed by atoms with Gasteiger partial charge in [0.2, 0.25) is 0 Å². The minimum Gasteiger partial charge on any atom is -0.206 e. The third-order valence-electron chi connectivity index (χ3n) is 4.71. The molecule has 0 saturated heterocycles. The zero-order valence-electron chi connectivity index (χ0n) is 16.2. The van der Waals surface area contributed by atoms with Crippen molar-refractivity contribution in [2.75, 3.05) is 0 Å². The van der Waals surface area contributed by atoms with Gasteiger partial charge in [-0.2, -0.15) is 5.26 Å². The van der Waals surface area contributed by atoms with E-state index in [2.05, 4.69) is 42.9 Å². The van der Waals surface area contributed by atoms with Crippen LogP contribution in [0.5, 0.6) is 0 Å². The first kappa shape index (κ1) is 20.8. The summed E-state index contributed by atoms with van der Waals surface area (Å²) in [5.41, 5.74) is 5.91. The van der Waals surface area contributed by atoms with Gasteiger partial charge in [-0.05, 0) is 92.0 Å². The SMILES string of the molecule is C=C/C(C#CC1=C(F)C=C(C2=CC=C(C)CC2)CC1)=C\C(C)=C(/C)SC#N. The molecule has 0 fully saturated rings. The van der Waals surface area contributed by atoms with Crippen molar-refractivity contribution in [3.8, 4) is 17.2 Å². The van der Waals surface area contributed by atoms with Crippen molar-refractivity contribution < 1.29 is 4.39 Å². The maximum atomic E-state index is 14.5. The molecule has 0 aromatic carbocycles. The van der Waals surface area contributed by atoms with Gasteiger partial charge >= 0.3 is 0 Å². The summed E-state index contributed by atoms with van der Waals surface area (Å²) >= 11 is 1.12. The Hall–Kier alpha value is -2.49. The van der Waals surface area contributed by atoms with Crippen molar-refractivity contribution in [1.29, 1.82) is 5.26 Å². The number of hydrogen-bond acceptors (Lipinski definition) is 2. The monoisotopic (exact) mass is 377 g/mol. The van der Waals surface area contributed by atoms with Gasteiger partial charge in [0.15, 0.2) is 0 Å². The standard InChI is InChI=1S/C24H24FNS/c1-5-20(14-18(3)19(4)27-16-26)8-11-22-12-13-23(15-24(22)25)21-9-6-17(2)7-10-21/h5-6,9,14-15H,1,7,10,12-13H2,2-4H3/b19-18+,20-14+. The van der Waals surface area contributed by atoms with Crippen LogP contribution in [0.4, 0.5) is 4.39 Å². The zero-order valence-corrected chi connectivity index (χ0v) is 17.0. The van der Waals surface area contributed by atoms with Gasteiger partial charge in [0.05, 0.1) is 0 Å². The van der Waals surface area contributed by atoms with Gasteiger partial charge in [-0.3, -0.25) is 0 Å². The Morgan fingerprint density at radius 1 is 1.19 bits per heavy atom. The van der Waals surface area contributed by atoms with Crippen molar-refractivity contribution in [2.24, 2.45) is 0 Å². The number of nitrogens with zero attached hydrogens (tertiary/aromatic N) is 1. The minimum atomic E-state index is -0.234. The molecule has 0 spiro atoms. The van der Waals surface area contributed by atoms with E-state index in [0.29, 0.717) is 12.0 Å². The van der Waals surface area contributed by atoms with Crippen LogP contribution >= 0.6 is 11.8 Å². The first-order chi connectivity index (χ1) is 12.9. The van der Waals surface area contributed by atoms with E-state index in [-0.39, 0.29) is 5.83 Å². The predicted molar refractivity (Wildman–Crippen MR) is 114 cm³/mol. The van der Waals surface area contributed by atoms with Gasteiger partial charge in [0.1, 0.15) is 11.2 Å². The van der Waals surface area contributed by atoms with Crippen molar-refractivity contribution >= 4 is 11.8 Å². The first-order valence-corrected chi connectivity index (χ1v) is 9.81. The summed E-state index contributed by atoms with van der Waals surface area (Å²) in [4.78, 5) is 0.916. The average molecular weight is 378 g/mol.